The fourth-order valence-corrected chi connectivity index (χ4v) is 3.91. The van der Waals surface area contributed by atoms with Gasteiger partial charge in [0, 0.05) is 6.07 Å². The van der Waals surface area contributed by atoms with Crippen LogP contribution in [0.3, 0.4) is 0 Å². The van der Waals surface area contributed by atoms with Crippen LogP contribution in [-0.2, 0) is 16.2 Å². The van der Waals surface area contributed by atoms with Gasteiger partial charge in [0.2, 0.25) is 12.5 Å². The van der Waals surface area contributed by atoms with Crippen molar-refractivity contribution < 1.29 is 28.7 Å². The molecule has 2 aliphatic rings. The lowest BCUT2D eigenvalue weighted by Gasteiger charge is -2.13. The van der Waals surface area contributed by atoms with Crippen molar-refractivity contribution in [1.82, 2.24) is 5.43 Å². The first-order valence-electron chi connectivity index (χ1n) is 10.3. The summed E-state index contributed by atoms with van der Waals surface area (Å²) in [7, 11) is 0. The minimum Gasteiger partial charge on any atom is -0.481 e. The molecule has 3 aromatic carbocycles. The van der Waals surface area contributed by atoms with Gasteiger partial charge in [-0.2, -0.15) is 0 Å². The largest absolute Gasteiger partial charge is 0.481 e. The van der Waals surface area contributed by atoms with Gasteiger partial charge in [-0.05, 0) is 47.5 Å². The van der Waals surface area contributed by atoms with Crippen LogP contribution in [0.2, 0.25) is 5.02 Å². The second-order valence-corrected chi connectivity index (χ2v) is 7.97. The van der Waals surface area contributed by atoms with Crippen molar-refractivity contribution in [3.8, 4) is 17.2 Å². The van der Waals surface area contributed by atoms with E-state index >= 15 is 0 Å². The van der Waals surface area contributed by atoms with Gasteiger partial charge in [0.15, 0.2) is 11.5 Å². The molecule has 0 spiro atoms. The van der Waals surface area contributed by atoms with Gasteiger partial charge in [-0.1, -0.05) is 35.9 Å². The number of halogens is 1. The zero-order valence-electron chi connectivity index (χ0n) is 17.9. The Hall–Kier alpha value is -4.57. The maximum atomic E-state index is 12.8. The lowest BCUT2D eigenvalue weighted by Crippen LogP contribution is -2.35. The van der Waals surface area contributed by atoms with Crippen molar-refractivity contribution in [3.05, 3.63) is 92.5 Å². The Bertz CT molecular complexity index is 1390. The third kappa shape index (κ3) is 4.34. The molecule has 0 unspecified atom stereocenters. The summed E-state index contributed by atoms with van der Waals surface area (Å²) in [6, 6.07) is 16.3. The van der Waals surface area contributed by atoms with Gasteiger partial charge in [-0.25, -0.2) is 5.01 Å². The molecule has 5 rings (SSSR count). The summed E-state index contributed by atoms with van der Waals surface area (Å²) in [5.74, 6) is -0.210. The van der Waals surface area contributed by atoms with Gasteiger partial charge in [-0.3, -0.25) is 25.1 Å². The van der Waals surface area contributed by atoms with E-state index in [1.54, 1.807) is 48.5 Å². The van der Waals surface area contributed by atoms with Crippen molar-refractivity contribution in [1.29, 1.82) is 0 Å². The molecular formula is C24H16ClN3O7. The Balaban J connectivity index is 1.41. The van der Waals surface area contributed by atoms with Crippen molar-refractivity contribution in [3.63, 3.8) is 0 Å². The molecule has 3 aromatic rings. The Morgan fingerprint density at radius 2 is 1.86 bits per heavy atom. The monoisotopic (exact) mass is 493 g/mol. The number of benzene rings is 3. The van der Waals surface area contributed by atoms with Crippen molar-refractivity contribution in [2.45, 2.75) is 6.61 Å². The number of fused-ring (bicyclic) bond motifs is 1. The Morgan fingerprint density at radius 3 is 2.63 bits per heavy atom. The highest BCUT2D eigenvalue weighted by Gasteiger charge is 2.34. The summed E-state index contributed by atoms with van der Waals surface area (Å²) in [5.41, 5.74) is 3.25. The molecule has 0 atom stereocenters. The van der Waals surface area contributed by atoms with Crippen LogP contribution in [0.1, 0.15) is 11.1 Å². The zero-order valence-corrected chi connectivity index (χ0v) is 18.7. The van der Waals surface area contributed by atoms with Crippen LogP contribution in [-0.4, -0.2) is 23.5 Å². The lowest BCUT2D eigenvalue weighted by atomic mass is 10.1. The smallest absolute Gasteiger partial charge is 0.313 e. The molecule has 35 heavy (non-hydrogen) atoms. The molecule has 0 radical (unpaired) electrons. The topological polar surface area (TPSA) is 120 Å². The molecular weight excluding hydrogens is 478 g/mol. The molecule has 0 aliphatic carbocycles. The number of hydrogen-bond donors (Lipinski definition) is 1. The number of ether oxygens (including phenoxy) is 3. The number of carbonyl (C=O) groups excluding carboxylic acids is 2. The number of carbonyl (C=O) groups is 2. The minimum absolute atomic E-state index is 0.00936. The highest BCUT2D eigenvalue weighted by Crippen LogP contribution is 2.38. The number of hydrogen-bond acceptors (Lipinski definition) is 7. The van der Waals surface area contributed by atoms with E-state index < -0.39 is 22.4 Å². The van der Waals surface area contributed by atoms with Crippen LogP contribution in [0, 0.1) is 10.1 Å². The third-order valence-electron chi connectivity index (χ3n) is 5.28. The highest BCUT2D eigenvalue weighted by atomic mass is 35.5. The Labute approximate surface area is 203 Å². The Kier molecular flexibility index (Phi) is 5.71. The fraction of sp³-hybridized carbons (Fsp3) is 0.0833. The molecule has 10 nitrogen and oxygen atoms in total. The SMILES string of the molecule is O=C1NN(c2ccccc2)C(=O)C1=Cc1cc(Cl)c(OCc2ccc3c(c2)OCO3)c([N+](=O)[O-])c1. The molecule has 2 heterocycles. The summed E-state index contributed by atoms with van der Waals surface area (Å²) in [4.78, 5) is 36.3. The molecule has 176 valence electrons. The molecule has 0 bridgehead atoms. The number of nitrogens with zero attached hydrogens (tertiary/aromatic N) is 2. The first-order chi connectivity index (χ1) is 16.9. The summed E-state index contributed by atoms with van der Waals surface area (Å²) >= 11 is 6.32. The Morgan fingerprint density at radius 1 is 1.09 bits per heavy atom. The van der Waals surface area contributed by atoms with Gasteiger partial charge < -0.3 is 14.2 Å². The molecule has 11 heteroatoms. The number of para-hydroxylation sites is 1. The number of rotatable bonds is 6. The fourth-order valence-electron chi connectivity index (χ4n) is 3.63. The van der Waals surface area contributed by atoms with Crippen LogP contribution < -0.4 is 24.6 Å². The lowest BCUT2D eigenvalue weighted by molar-refractivity contribution is -0.385. The van der Waals surface area contributed by atoms with Crippen molar-refractivity contribution >= 4 is 40.9 Å². The molecule has 1 N–H and O–H groups in total. The van der Waals surface area contributed by atoms with Crippen molar-refractivity contribution in [2.75, 3.05) is 11.8 Å². The molecule has 2 aliphatic heterocycles. The standard InChI is InChI=1S/C24H16ClN3O7/c25-18-9-15(8-17-23(29)26-27(24(17)30)16-4-2-1-3-5-16)10-19(28(31)32)22(18)33-12-14-6-7-20-21(11-14)35-13-34-20/h1-11H,12-13H2,(H,26,29). The van der Waals surface area contributed by atoms with E-state index in [4.69, 9.17) is 25.8 Å². The van der Waals surface area contributed by atoms with Gasteiger partial charge in [0.25, 0.3) is 11.8 Å². The van der Waals surface area contributed by atoms with E-state index in [2.05, 4.69) is 5.43 Å². The molecule has 1 saturated heterocycles. The van der Waals surface area contributed by atoms with Crippen LogP contribution in [0.15, 0.2) is 66.2 Å². The summed E-state index contributed by atoms with van der Waals surface area (Å²) in [6.07, 6.45) is 1.25. The second-order valence-electron chi connectivity index (χ2n) is 7.56. The predicted octanol–water partition coefficient (Wildman–Crippen LogP) is 4.02. The minimum atomic E-state index is -0.643. The number of hydrazine groups is 1. The van der Waals surface area contributed by atoms with Gasteiger partial charge in [0.1, 0.15) is 12.2 Å². The number of nitro benzene ring substituents is 1. The van der Waals surface area contributed by atoms with Crippen molar-refractivity contribution in [2.24, 2.45) is 0 Å². The second kappa shape index (κ2) is 8.99. The van der Waals surface area contributed by atoms with Gasteiger partial charge >= 0.3 is 5.69 Å². The predicted molar refractivity (Wildman–Crippen MR) is 125 cm³/mol. The van der Waals surface area contributed by atoms with Crippen LogP contribution >= 0.6 is 11.6 Å². The summed E-state index contributed by atoms with van der Waals surface area (Å²) in [6.45, 7) is 0.113. The maximum absolute atomic E-state index is 12.8. The van der Waals surface area contributed by atoms with E-state index in [0.29, 0.717) is 22.7 Å². The zero-order chi connectivity index (χ0) is 24.5. The quantitative estimate of drug-likeness (QED) is 0.238. The van der Waals surface area contributed by atoms with E-state index in [1.165, 1.54) is 18.2 Å². The average Bonchev–Trinajstić information content (AvgIpc) is 3.43. The molecule has 0 saturated carbocycles. The highest BCUT2D eigenvalue weighted by molar-refractivity contribution is 6.33. The molecule has 1 fully saturated rings. The van der Waals surface area contributed by atoms with Crippen LogP contribution in [0.5, 0.6) is 17.2 Å². The van der Waals surface area contributed by atoms with Crippen LogP contribution in [0.25, 0.3) is 6.08 Å². The first kappa shape index (κ1) is 22.2. The van der Waals surface area contributed by atoms with E-state index in [1.807, 2.05) is 0 Å². The number of nitrogens with one attached hydrogen (secondary N) is 1. The third-order valence-corrected chi connectivity index (χ3v) is 5.56. The van der Waals surface area contributed by atoms with Gasteiger partial charge in [-0.15, -0.1) is 0 Å². The van der Waals surface area contributed by atoms with Crippen LogP contribution in [0.4, 0.5) is 11.4 Å². The number of anilines is 1. The summed E-state index contributed by atoms with van der Waals surface area (Å²) < 4.78 is 16.3. The van der Waals surface area contributed by atoms with E-state index in [0.717, 1.165) is 5.01 Å². The first-order valence-corrected chi connectivity index (χ1v) is 10.7. The van der Waals surface area contributed by atoms with Gasteiger partial charge in [0.05, 0.1) is 15.6 Å². The number of nitro groups is 1. The molecule has 0 aromatic heterocycles. The van der Waals surface area contributed by atoms with E-state index in [-0.39, 0.29) is 35.3 Å². The number of amides is 2. The van der Waals surface area contributed by atoms with E-state index in [9.17, 15) is 19.7 Å². The molecule has 2 amide bonds. The average molecular weight is 494 g/mol. The normalized spacial score (nSPS) is 15.5. The summed E-state index contributed by atoms with van der Waals surface area (Å²) in [5, 5.41) is 12.8. The maximum Gasteiger partial charge on any atom is 0.313 e.